The minimum atomic E-state index is -0.559. The molecule has 0 bridgehead atoms. The summed E-state index contributed by atoms with van der Waals surface area (Å²) in [5.74, 6) is 0.671. The van der Waals surface area contributed by atoms with Gasteiger partial charge in [-0.15, -0.1) is 11.6 Å². The first-order chi connectivity index (χ1) is 5.18. The summed E-state index contributed by atoms with van der Waals surface area (Å²) in [5.41, 5.74) is -0.559. The summed E-state index contributed by atoms with van der Waals surface area (Å²) in [4.78, 5) is 0. The van der Waals surface area contributed by atoms with Crippen molar-refractivity contribution in [2.24, 2.45) is 0 Å². The van der Waals surface area contributed by atoms with Crippen molar-refractivity contribution in [2.45, 2.75) is 5.56 Å². The Morgan fingerprint density at radius 3 is 2.17 bits per heavy atom. The van der Waals surface area contributed by atoms with Crippen molar-refractivity contribution in [2.75, 3.05) is 0 Å². The molecule has 0 aliphatic rings. The van der Waals surface area contributed by atoms with Gasteiger partial charge in [0, 0.05) is 5.02 Å². The zero-order chi connectivity index (χ0) is 8.27. The molecule has 12 heavy (non-hydrogen) atoms. The first-order valence-electron chi connectivity index (χ1n) is 3.08. The Bertz CT molecular complexity index is 223. The van der Waals surface area contributed by atoms with Crippen LogP contribution < -0.4 is 34.3 Å². The quantitative estimate of drug-likeness (QED) is 0.385. The summed E-state index contributed by atoms with van der Waals surface area (Å²) in [7, 11) is 0. The Morgan fingerprint density at radius 1 is 1.25 bits per heavy atom. The van der Waals surface area contributed by atoms with Gasteiger partial charge in [-0.1, -0.05) is 11.6 Å². The molecule has 1 aromatic rings. The van der Waals surface area contributed by atoms with Crippen LogP contribution in [0.1, 0.15) is 0 Å². The molecule has 0 heterocycles. The van der Waals surface area contributed by atoms with Crippen LogP contribution in [0.15, 0.2) is 24.3 Å². The second-order valence-corrected chi connectivity index (χ2v) is 2.91. The minimum absolute atomic E-state index is 0. The van der Waals surface area contributed by atoms with Crippen LogP contribution in [0.5, 0.6) is 5.75 Å². The van der Waals surface area contributed by atoms with Crippen molar-refractivity contribution in [3.63, 3.8) is 0 Å². The van der Waals surface area contributed by atoms with Crippen molar-refractivity contribution < 1.29 is 34.3 Å². The van der Waals surface area contributed by atoms with E-state index < -0.39 is 5.56 Å². The predicted octanol–water partition coefficient (Wildman–Crippen LogP) is 0.122. The first-order valence-corrected chi connectivity index (χ1v) is 3.89. The molecule has 0 N–H and O–H groups in total. The van der Waals surface area contributed by atoms with Gasteiger partial charge in [-0.25, -0.2) is 0 Å². The van der Waals surface area contributed by atoms with E-state index in [9.17, 15) is 0 Å². The van der Waals surface area contributed by atoms with E-state index in [1.165, 1.54) is 0 Å². The SMILES string of the molecule is [CH2-]C(Cl)Oc1ccc(Cl)cc1.[Na+]. The summed E-state index contributed by atoms with van der Waals surface area (Å²) >= 11 is 11.1. The van der Waals surface area contributed by atoms with Crippen LogP contribution in [0.2, 0.25) is 5.02 Å². The van der Waals surface area contributed by atoms with Gasteiger partial charge in [0.15, 0.2) is 0 Å². The summed E-state index contributed by atoms with van der Waals surface area (Å²) in [6.45, 7) is 3.47. The molecule has 60 valence electrons. The average molecular weight is 213 g/mol. The monoisotopic (exact) mass is 212 g/mol. The van der Waals surface area contributed by atoms with E-state index in [2.05, 4.69) is 6.92 Å². The maximum Gasteiger partial charge on any atom is 1.00 e. The number of rotatable bonds is 2. The van der Waals surface area contributed by atoms with Gasteiger partial charge < -0.3 is 4.74 Å². The van der Waals surface area contributed by atoms with E-state index in [4.69, 9.17) is 27.9 Å². The molecular formula is C8H7Cl2NaO. The second kappa shape index (κ2) is 6.11. The van der Waals surface area contributed by atoms with E-state index in [1.807, 2.05) is 0 Å². The zero-order valence-electron chi connectivity index (χ0n) is 6.76. The molecule has 1 atom stereocenters. The van der Waals surface area contributed by atoms with Crippen LogP contribution in [-0.4, -0.2) is 5.56 Å². The third-order valence-corrected chi connectivity index (χ3v) is 1.42. The predicted molar refractivity (Wildman–Crippen MR) is 47.1 cm³/mol. The van der Waals surface area contributed by atoms with E-state index in [-0.39, 0.29) is 29.6 Å². The van der Waals surface area contributed by atoms with Crippen molar-refractivity contribution in [1.82, 2.24) is 0 Å². The van der Waals surface area contributed by atoms with E-state index in [0.717, 1.165) is 0 Å². The molecule has 0 saturated heterocycles. The van der Waals surface area contributed by atoms with E-state index >= 15 is 0 Å². The zero-order valence-corrected chi connectivity index (χ0v) is 10.3. The third-order valence-electron chi connectivity index (χ3n) is 1.08. The van der Waals surface area contributed by atoms with Crippen molar-refractivity contribution in [1.29, 1.82) is 0 Å². The Morgan fingerprint density at radius 2 is 1.75 bits per heavy atom. The van der Waals surface area contributed by atoms with Crippen LogP contribution in [0.25, 0.3) is 0 Å². The Kier molecular flexibility index (Phi) is 6.42. The summed E-state index contributed by atoms with van der Waals surface area (Å²) in [6, 6.07) is 6.94. The molecule has 1 rings (SSSR count). The summed E-state index contributed by atoms with van der Waals surface area (Å²) < 4.78 is 5.06. The van der Waals surface area contributed by atoms with Gasteiger partial charge in [0.05, 0.1) is 5.56 Å². The number of ether oxygens (including phenoxy) is 1. The van der Waals surface area contributed by atoms with Crippen molar-refractivity contribution >= 4 is 23.2 Å². The fourth-order valence-corrected chi connectivity index (χ4v) is 0.890. The molecule has 1 unspecified atom stereocenters. The van der Waals surface area contributed by atoms with Crippen LogP contribution >= 0.6 is 23.2 Å². The molecule has 1 aromatic carbocycles. The Balaban J connectivity index is 0.00000121. The maximum absolute atomic E-state index is 5.64. The van der Waals surface area contributed by atoms with E-state index in [1.54, 1.807) is 24.3 Å². The van der Waals surface area contributed by atoms with Gasteiger partial charge in [-0.05, 0) is 24.3 Å². The second-order valence-electron chi connectivity index (χ2n) is 1.98. The molecule has 4 heteroatoms. The van der Waals surface area contributed by atoms with Gasteiger partial charge in [0.2, 0.25) is 0 Å². The molecule has 0 radical (unpaired) electrons. The largest absolute Gasteiger partial charge is 1.00 e. The van der Waals surface area contributed by atoms with Crippen LogP contribution in [0.4, 0.5) is 0 Å². The van der Waals surface area contributed by atoms with Gasteiger partial charge >= 0.3 is 29.6 Å². The first kappa shape index (κ1) is 12.6. The van der Waals surface area contributed by atoms with E-state index in [0.29, 0.717) is 10.8 Å². The third kappa shape index (κ3) is 4.58. The number of benzene rings is 1. The number of halogens is 2. The van der Waals surface area contributed by atoms with Crippen LogP contribution in [-0.2, 0) is 0 Å². The molecule has 0 aromatic heterocycles. The van der Waals surface area contributed by atoms with Gasteiger partial charge in [-0.2, -0.15) is 0 Å². The molecular weight excluding hydrogens is 206 g/mol. The van der Waals surface area contributed by atoms with Crippen molar-refractivity contribution in [3.8, 4) is 5.75 Å². The number of hydrogen-bond donors (Lipinski definition) is 0. The standard InChI is InChI=1S/C8H7Cl2O.Na/c1-6(9)11-8-4-2-7(10)3-5-8;/h2-6H,1H2;/q-1;+1. The number of alkyl halides is 1. The molecule has 0 spiro atoms. The molecule has 0 aliphatic heterocycles. The molecule has 0 saturated carbocycles. The van der Waals surface area contributed by atoms with Gasteiger partial charge in [0.25, 0.3) is 0 Å². The minimum Gasteiger partial charge on any atom is -0.507 e. The van der Waals surface area contributed by atoms with Crippen molar-refractivity contribution in [3.05, 3.63) is 36.2 Å². The smallest absolute Gasteiger partial charge is 0.507 e. The fourth-order valence-electron chi connectivity index (χ4n) is 0.661. The summed E-state index contributed by atoms with van der Waals surface area (Å²) in [5, 5.41) is 0.674. The van der Waals surface area contributed by atoms with Crippen LogP contribution in [0.3, 0.4) is 0 Å². The Hall–Kier alpha value is 0.600. The normalized spacial score (nSPS) is 11.6. The number of hydrogen-bond acceptors (Lipinski definition) is 1. The Labute approximate surface area is 104 Å². The maximum atomic E-state index is 5.64. The fraction of sp³-hybridized carbons (Fsp3) is 0.125. The summed E-state index contributed by atoms with van der Waals surface area (Å²) in [6.07, 6.45) is 0. The topological polar surface area (TPSA) is 9.23 Å². The van der Waals surface area contributed by atoms with Gasteiger partial charge in [-0.3, -0.25) is 6.92 Å². The van der Waals surface area contributed by atoms with Gasteiger partial charge in [0.1, 0.15) is 5.75 Å². The van der Waals surface area contributed by atoms with Crippen LogP contribution in [0, 0.1) is 6.92 Å². The molecule has 0 aliphatic carbocycles. The molecule has 1 nitrogen and oxygen atoms in total. The average Bonchev–Trinajstić information content (AvgIpc) is 1.93. The molecule has 0 amide bonds. The molecule has 0 fully saturated rings.